The summed E-state index contributed by atoms with van der Waals surface area (Å²) in [4.78, 5) is 25.6. The molecule has 0 fully saturated rings. The van der Waals surface area contributed by atoms with E-state index < -0.39 is 17.8 Å². The standard InChI is InChI=1S/C21H20F3NO3/c1-13(2)12-28-20(27)25-18-9-5-15(11-16(18)6-10-19(25)26)14-3-7-17(8-4-14)21(22,23)24/h3-5,7-9,11,13H,6,10,12H2,1-2H3. The summed E-state index contributed by atoms with van der Waals surface area (Å²) >= 11 is 0. The number of amides is 2. The number of rotatable bonds is 3. The van der Waals surface area contributed by atoms with Crippen molar-refractivity contribution in [2.45, 2.75) is 32.9 Å². The molecule has 0 radical (unpaired) electrons. The SMILES string of the molecule is CC(C)COC(=O)N1C(=O)CCc2cc(-c3ccc(C(F)(F)F)cc3)ccc21. The molecule has 0 aromatic heterocycles. The van der Waals surface area contributed by atoms with Crippen molar-refractivity contribution in [3.05, 3.63) is 53.6 Å². The number of benzene rings is 2. The van der Waals surface area contributed by atoms with Crippen molar-refractivity contribution in [1.82, 2.24) is 0 Å². The number of carbonyl (C=O) groups is 2. The van der Waals surface area contributed by atoms with Gasteiger partial charge in [0.15, 0.2) is 0 Å². The highest BCUT2D eigenvalue weighted by Crippen LogP contribution is 2.34. The number of fused-ring (bicyclic) bond motifs is 1. The maximum atomic E-state index is 12.7. The Labute approximate surface area is 160 Å². The Morgan fingerprint density at radius 1 is 1.07 bits per heavy atom. The van der Waals surface area contributed by atoms with Gasteiger partial charge in [-0.25, -0.2) is 9.69 Å². The number of halogens is 3. The second-order valence-corrected chi connectivity index (χ2v) is 7.12. The predicted molar refractivity (Wildman–Crippen MR) is 98.9 cm³/mol. The van der Waals surface area contributed by atoms with E-state index in [1.54, 1.807) is 18.2 Å². The molecule has 1 aliphatic heterocycles. The van der Waals surface area contributed by atoms with Crippen LogP contribution in [0.4, 0.5) is 23.7 Å². The van der Waals surface area contributed by atoms with Gasteiger partial charge in [0.25, 0.3) is 0 Å². The lowest BCUT2D eigenvalue weighted by molar-refractivity contribution is -0.137. The minimum Gasteiger partial charge on any atom is -0.449 e. The van der Waals surface area contributed by atoms with Crippen molar-refractivity contribution in [3.8, 4) is 11.1 Å². The van der Waals surface area contributed by atoms with Gasteiger partial charge in [0.05, 0.1) is 17.9 Å². The Kier molecular flexibility index (Phi) is 5.45. The highest BCUT2D eigenvalue weighted by atomic mass is 19.4. The van der Waals surface area contributed by atoms with Crippen LogP contribution in [0.3, 0.4) is 0 Å². The van der Waals surface area contributed by atoms with Gasteiger partial charge < -0.3 is 4.74 Å². The second kappa shape index (κ2) is 7.66. The first-order valence-electron chi connectivity index (χ1n) is 8.97. The van der Waals surface area contributed by atoms with Crippen molar-refractivity contribution in [3.63, 3.8) is 0 Å². The Bertz CT molecular complexity index is 889. The van der Waals surface area contributed by atoms with Crippen LogP contribution < -0.4 is 4.90 Å². The summed E-state index contributed by atoms with van der Waals surface area (Å²) in [5.74, 6) is -0.186. The number of hydrogen-bond acceptors (Lipinski definition) is 3. The van der Waals surface area contributed by atoms with Gasteiger partial charge in [0.1, 0.15) is 0 Å². The van der Waals surface area contributed by atoms with Crippen LogP contribution in [-0.2, 0) is 22.1 Å². The lowest BCUT2D eigenvalue weighted by Crippen LogP contribution is -2.41. The molecule has 0 aliphatic carbocycles. The second-order valence-electron chi connectivity index (χ2n) is 7.12. The van der Waals surface area contributed by atoms with E-state index in [9.17, 15) is 22.8 Å². The van der Waals surface area contributed by atoms with E-state index in [0.29, 0.717) is 17.7 Å². The lowest BCUT2D eigenvalue weighted by atomic mass is 9.95. The summed E-state index contributed by atoms with van der Waals surface area (Å²) in [6, 6.07) is 10.0. The molecule has 2 aromatic rings. The van der Waals surface area contributed by atoms with Gasteiger partial charge in [-0.2, -0.15) is 13.2 Å². The third-order valence-electron chi connectivity index (χ3n) is 4.45. The fourth-order valence-corrected chi connectivity index (χ4v) is 3.03. The van der Waals surface area contributed by atoms with Gasteiger partial charge in [-0.15, -0.1) is 0 Å². The van der Waals surface area contributed by atoms with E-state index in [1.165, 1.54) is 12.1 Å². The molecule has 148 valence electrons. The largest absolute Gasteiger partial charge is 0.449 e. The van der Waals surface area contributed by atoms with Crippen LogP contribution in [0.5, 0.6) is 0 Å². The molecule has 0 bridgehead atoms. The van der Waals surface area contributed by atoms with Crippen LogP contribution in [0.25, 0.3) is 11.1 Å². The van der Waals surface area contributed by atoms with Crippen LogP contribution in [0.15, 0.2) is 42.5 Å². The molecule has 1 heterocycles. The van der Waals surface area contributed by atoms with Crippen LogP contribution in [0.2, 0.25) is 0 Å². The molecule has 3 rings (SSSR count). The number of imide groups is 1. The summed E-state index contributed by atoms with van der Waals surface area (Å²) in [5, 5.41) is 0. The number of alkyl halides is 3. The lowest BCUT2D eigenvalue weighted by Gasteiger charge is -2.27. The normalized spacial score (nSPS) is 14.2. The number of carbonyl (C=O) groups excluding carboxylic acids is 2. The minimum atomic E-state index is -4.38. The molecular formula is C21H20F3NO3. The summed E-state index contributed by atoms with van der Waals surface area (Å²) in [6.45, 7) is 4.01. The first-order valence-corrected chi connectivity index (χ1v) is 8.97. The molecule has 1 aliphatic rings. The fourth-order valence-electron chi connectivity index (χ4n) is 3.03. The first kappa shape index (κ1) is 19.9. The van der Waals surface area contributed by atoms with Gasteiger partial charge in [0, 0.05) is 6.42 Å². The molecule has 0 atom stereocenters. The maximum Gasteiger partial charge on any atom is 0.421 e. The Balaban J connectivity index is 1.88. The Hall–Kier alpha value is -2.83. The van der Waals surface area contributed by atoms with Crippen LogP contribution in [0, 0.1) is 5.92 Å². The Morgan fingerprint density at radius 3 is 2.32 bits per heavy atom. The number of hydrogen-bond donors (Lipinski definition) is 0. The molecule has 2 amide bonds. The molecular weight excluding hydrogens is 371 g/mol. The van der Waals surface area contributed by atoms with Crippen molar-refractivity contribution < 1.29 is 27.5 Å². The minimum absolute atomic E-state index is 0.144. The molecule has 0 unspecified atom stereocenters. The third-order valence-corrected chi connectivity index (χ3v) is 4.45. The summed E-state index contributed by atoms with van der Waals surface area (Å²) in [6.07, 6.45) is -4.47. The van der Waals surface area contributed by atoms with E-state index in [-0.39, 0.29) is 24.9 Å². The molecule has 0 N–H and O–H groups in total. The van der Waals surface area contributed by atoms with E-state index in [4.69, 9.17) is 4.74 Å². The topological polar surface area (TPSA) is 46.6 Å². The molecule has 0 saturated carbocycles. The van der Waals surface area contributed by atoms with E-state index in [1.807, 2.05) is 13.8 Å². The molecule has 7 heteroatoms. The number of anilines is 1. The first-order chi connectivity index (χ1) is 13.2. The highest BCUT2D eigenvalue weighted by molar-refractivity contribution is 6.14. The molecule has 0 saturated heterocycles. The monoisotopic (exact) mass is 391 g/mol. The number of nitrogens with zero attached hydrogens (tertiary/aromatic N) is 1. The zero-order valence-electron chi connectivity index (χ0n) is 15.5. The summed E-state index contributed by atoms with van der Waals surface area (Å²) in [5.41, 5.74) is 1.87. The molecule has 4 nitrogen and oxygen atoms in total. The van der Waals surface area contributed by atoms with Crippen molar-refractivity contribution in [1.29, 1.82) is 0 Å². The van der Waals surface area contributed by atoms with Crippen molar-refractivity contribution >= 4 is 17.7 Å². The van der Waals surface area contributed by atoms with Crippen molar-refractivity contribution in [2.75, 3.05) is 11.5 Å². The van der Waals surface area contributed by atoms with Gasteiger partial charge in [-0.1, -0.05) is 32.0 Å². The summed E-state index contributed by atoms with van der Waals surface area (Å²) < 4.78 is 43.4. The van der Waals surface area contributed by atoms with Crippen LogP contribution in [-0.4, -0.2) is 18.6 Å². The van der Waals surface area contributed by atoms with Gasteiger partial charge in [0.2, 0.25) is 5.91 Å². The Morgan fingerprint density at radius 2 is 1.71 bits per heavy atom. The van der Waals surface area contributed by atoms with Gasteiger partial charge in [-0.3, -0.25) is 4.79 Å². The zero-order valence-corrected chi connectivity index (χ0v) is 15.5. The molecule has 28 heavy (non-hydrogen) atoms. The van der Waals surface area contributed by atoms with Crippen molar-refractivity contribution in [2.24, 2.45) is 5.92 Å². The molecule has 0 spiro atoms. The molecule has 2 aromatic carbocycles. The predicted octanol–water partition coefficient (Wildman–Crippen LogP) is 5.44. The third kappa shape index (κ3) is 4.18. The average Bonchev–Trinajstić information content (AvgIpc) is 2.65. The van der Waals surface area contributed by atoms with E-state index in [2.05, 4.69) is 0 Å². The zero-order chi connectivity index (χ0) is 20.5. The number of aryl methyl sites for hydroxylation is 1. The quantitative estimate of drug-likeness (QED) is 0.700. The highest BCUT2D eigenvalue weighted by Gasteiger charge is 2.32. The van der Waals surface area contributed by atoms with Crippen LogP contribution >= 0.6 is 0 Å². The smallest absolute Gasteiger partial charge is 0.421 e. The van der Waals surface area contributed by atoms with E-state index in [0.717, 1.165) is 28.2 Å². The van der Waals surface area contributed by atoms with Crippen LogP contribution in [0.1, 0.15) is 31.4 Å². The summed E-state index contributed by atoms with van der Waals surface area (Å²) in [7, 11) is 0. The number of ether oxygens (including phenoxy) is 1. The maximum absolute atomic E-state index is 12.7. The van der Waals surface area contributed by atoms with Gasteiger partial charge >= 0.3 is 12.3 Å². The van der Waals surface area contributed by atoms with E-state index >= 15 is 0 Å². The fraction of sp³-hybridized carbons (Fsp3) is 0.333. The average molecular weight is 391 g/mol. The van der Waals surface area contributed by atoms with Gasteiger partial charge in [-0.05, 0) is 53.3 Å².